The molecule has 0 atom stereocenters. The second kappa shape index (κ2) is 4.11. The van der Waals surface area contributed by atoms with Gasteiger partial charge >= 0.3 is 0 Å². The summed E-state index contributed by atoms with van der Waals surface area (Å²) in [6, 6.07) is 3.42. The Hall–Kier alpha value is -0.870. The molecule has 14 heavy (non-hydrogen) atoms. The van der Waals surface area contributed by atoms with E-state index >= 15 is 0 Å². The van der Waals surface area contributed by atoms with E-state index in [-0.39, 0.29) is 5.56 Å². The van der Waals surface area contributed by atoms with E-state index in [9.17, 15) is 4.79 Å². The Balaban J connectivity index is 2.41. The van der Waals surface area contributed by atoms with E-state index in [0.29, 0.717) is 13.2 Å². The summed E-state index contributed by atoms with van der Waals surface area (Å²) in [6.07, 6.45) is 4.52. The van der Waals surface area contributed by atoms with Crippen LogP contribution in [0.15, 0.2) is 33.7 Å². The minimum atomic E-state index is -0.00692. The standard InChI is InChI=1S/C10H10BrNO2/c11-8-1-4-12(10(13)7-8)9-2-5-14-6-3-9/h1-2,4,7H,3,5-6H2. The van der Waals surface area contributed by atoms with Gasteiger partial charge in [-0.05, 0) is 12.1 Å². The third-order valence-corrected chi connectivity index (χ3v) is 2.62. The highest BCUT2D eigenvalue weighted by Gasteiger charge is 2.06. The Morgan fingerprint density at radius 1 is 1.50 bits per heavy atom. The highest BCUT2D eigenvalue weighted by Crippen LogP contribution is 2.13. The molecular formula is C10H10BrNO2. The average molecular weight is 256 g/mol. The van der Waals surface area contributed by atoms with E-state index in [1.807, 2.05) is 12.1 Å². The van der Waals surface area contributed by atoms with Crippen LogP contribution >= 0.6 is 15.9 Å². The van der Waals surface area contributed by atoms with Gasteiger partial charge in [-0.3, -0.25) is 9.36 Å². The Bertz CT molecular complexity index is 422. The Kier molecular flexibility index (Phi) is 2.84. The summed E-state index contributed by atoms with van der Waals surface area (Å²) in [5.41, 5.74) is 1.02. The molecule has 1 aromatic heterocycles. The molecule has 74 valence electrons. The van der Waals surface area contributed by atoms with Gasteiger partial charge in [0.15, 0.2) is 0 Å². The first-order valence-electron chi connectivity index (χ1n) is 4.43. The molecule has 2 rings (SSSR count). The van der Waals surface area contributed by atoms with Crippen molar-refractivity contribution in [2.24, 2.45) is 0 Å². The summed E-state index contributed by atoms with van der Waals surface area (Å²) >= 11 is 3.26. The van der Waals surface area contributed by atoms with Gasteiger partial charge in [0.1, 0.15) is 0 Å². The first-order chi connectivity index (χ1) is 6.77. The minimum Gasteiger partial charge on any atom is -0.377 e. The van der Waals surface area contributed by atoms with Gasteiger partial charge in [-0.25, -0.2) is 0 Å². The van der Waals surface area contributed by atoms with E-state index in [4.69, 9.17) is 4.74 Å². The maximum atomic E-state index is 11.6. The van der Waals surface area contributed by atoms with E-state index in [1.165, 1.54) is 0 Å². The SMILES string of the molecule is O=c1cc(Br)ccn1C1=CCOCC1. The number of rotatable bonds is 1. The molecule has 0 spiro atoms. The molecule has 4 heteroatoms. The van der Waals surface area contributed by atoms with Crippen LogP contribution in [0.4, 0.5) is 0 Å². The van der Waals surface area contributed by atoms with Crippen molar-refractivity contribution in [2.75, 3.05) is 13.2 Å². The van der Waals surface area contributed by atoms with E-state index in [1.54, 1.807) is 16.8 Å². The van der Waals surface area contributed by atoms with Crippen LogP contribution in [0, 0.1) is 0 Å². The number of aromatic nitrogens is 1. The first-order valence-corrected chi connectivity index (χ1v) is 5.22. The van der Waals surface area contributed by atoms with Gasteiger partial charge in [0.05, 0.1) is 13.2 Å². The fraction of sp³-hybridized carbons (Fsp3) is 0.300. The molecule has 0 aliphatic carbocycles. The first kappa shape index (κ1) is 9.68. The lowest BCUT2D eigenvalue weighted by Gasteiger charge is -2.15. The topological polar surface area (TPSA) is 31.2 Å². The largest absolute Gasteiger partial charge is 0.377 e. The number of hydrogen-bond donors (Lipinski definition) is 0. The Morgan fingerprint density at radius 3 is 3.00 bits per heavy atom. The number of nitrogens with zero attached hydrogens (tertiary/aromatic N) is 1. The van der Waals surface area contributed by atoms with Gasteiger partial charge in [-0.15, -0.1) is 0 Å². The summed E-state index contributed by atoms with van der Waals surface area (Å²) in [4.78, 5) is 11.6. The van der Waals surface area contributed by atoms with Crippen LogP contribution in [0.1, 0.15) is 6.42 Å². The van der Waals surface area contributed by atoms with Gasteiger partial charge in [-0.2, -0.15) is 0 Å². The zero-order valence-corrected chi connectivity index (χ0v) is 9.16. The Labute approximate surface area is 90.1 Å². The number of halogens is 1. The molecule has 2 heterocycles. The number of hydrogen-bond acceptors (Lipinski definition) is 2. The summed E-state index contributed by atoms with van der Waals surface area (Å²) < 4.78 is 7.66. The van der Waals surface area contributed by atoms with Crippen LogP contribution in [-0.4, -0.2) is 17.8 Å². The average Bonchev–Trinajstić information content (AvgIpc) is 2.19. The molecule has 0 aromatic carbocycles. The normalized spacial score (nSPS) is 16.5. The molecular weight excluding hydrogens is 246 g/mol. The van der Waals surface area contributed by atoms with Crippen molar-refractivity contribution in [1.82, 2.24) is 4.57 Å². The van der Waals surface area contributed by atoms with Gasteiger partial charge in [0.25, 0.3) is 5.56 Å². The number of pyridine rings is 1. The predicted molar refractivity (Wildman–Crippen MR) is 58.1 cm³/mol. The van der Waals surface area contributed by atoms with Crippen LogP contribution in [0.2, 0.25) is 0 Å². The van der Waals surface area contributed by atoms with Crippen LogP contribution in [-0.2, 0) is 4.74 Å². The number of ether oxygens (including phenoxy) is 1. The maximum Gasteiger partial charge on any atom is 0.255 e. The monoisotopic (exact) mass is 255 g/mol. The van der Waals surface area contributed by atoms with Gasteiger partial charge in [0, 0.05) is 28.9 Å². The minimum absolute atomic E-state index is 0.00692. The van der Waals surface area contributed by atoms with Crippen LogP contribution < -0.4 is 5.56 Å². The zero-order valence-electron chi connectivity index (χ0n) is 7.57. The molecule has 0 fully saturated rings. The highest BCUT2D eigenvalue weighted by molar-refractivity contribution is 9.10. The smallest absolute Gasteiger partial charge is 0.255 e. The molecule has 1 aliphatic rings. The fourth-order valence-electron chi connectivity index (χ4n) is 1.43. The van der Waals surface area contributed by atoms with Crippen molar-refractivity contribution >= 4 is 21.6 Å². The fourth-order valence-corrected chi connectivity index (χ4v) is 1.74. The lowest BCUT2D eigenvalue weighted by atomic mass is 10.2. The molecule has 3 nitrogen and oxygen atoms in total. The van der Waals surface area contributed by atoms with E-state index in [2.05, 4.69) is 15.9 Å². The molecule has 0 bridgehead atoms. The Morgan fingerprint density at radius 2 is 2.36 bits per heavy atom. The van der Waals surface area contributed by atoms with E-state index < -0.39 is 0 Å². The molecule has 0 N–H and O–H groups in total. The zero-order chi connectivity index (χ0) is 9.97. The van der Waals surface area contributed by atoms with Crippen molar-refractivity contribution in [3.8, 4) is 0 Å². The molecule has 0 saturated carbocycles. The van der Waals surface area contributed by atoms with Crippen LogP contribution in [0.5, 0.6) is 0 Å². The van der Waals surface area contributed by atoms with Crippen molar-refractivity contribution < 1.29 is 4.74 Å². The maximum absolute atomic E-state index is 11.6. The molecule has 0 amide bonds. The second-order valence-electron chi connectivity index (χ2n) is 3.07. The lowest BCUT2D eigenvalue weighted by molar-refractivity contribution is 0.159. The highest BCUT2D eigenvalue weighted by atomic mass is 79.9. The summed E-state index contributed by atoms with van der Waals surface area (Å²) in [5, 5.41) is 0. The van der Waals surface area contributed by atoms with Crippen LogP contribution in [0.3, 0.4) is 0 Å². The van der Waals surface area contributed by atoms with E-state index in [0.717, 1.165) is 16.6 Å². The van der Waals surface area contributed by atoms with Gasteiger partial charge in [0.2, 0.25) is 0 Å². The summed E-state index contributed by atoms with van der Waals surface area (Å²) in [6.45, 7) is 1.28. The quantitative estimate of drug-likeness (QED) is 0.768. The lowest BCUT2D eigenvalue weighted by Crippen LogP contribution is -2.20. The molecule has 1 aliphatic heterocycles. The van der Waals surface area contributed by atoms with Crippen LogP contribution in [0.25, 0.3) is 5.70 Å². The molecule has 0 unspecified atom stereocenters. The summed E-state index contributed by atoms with van der Waals surface area (Å²) in [5.74, 6) is 0. The molecule has 1 aromatic rings. The predicted octanol–water partition coefficient (Wildman–Crippen LogP) is 1.87. The third-order valence-electron chi connectivity index (χ3n) is 2.13. The second-order valence-corrected chi connectivity index (χ2v) is 3.99. The third kappa shape index (κ3) is 1.96. The van der Waals surface area contributed by atoms with Crippen molar-refractivity contribution in [3.63, 3.8) is 0 Å². The molecule has 0 saturated heterocycles. The van der Waals surface area contributed by atoms with Gasteiger partial charge < -0.3 is 4.74 Å². The van der Waals surface area contributed by atoms with Crippen molar-refractivity contribution in [3.05, 3.63) is 39.2 Å². The summed E-state index contributed by atoms with van der Waals surface area (Å²) in [7, 11) is 0. The van der Waals surface area contributed by atoms with Crippen molar-refractivity contribution in [2.45, 2.75) is 6.42 Å². The molecule has 0 radical (unpaired) electrons. The van der Waals surface area contributed by atoms with Gasteiger partial charge in [-0.1, -0.05) is 15.9 Å². The van der Waals surface area contributed by atoms with Crippen molar-refractivity contribution in [1.29, 1.82) is 0 Å².